The summed E-state index contributed by atoms with van der Waals surface area (Å²) in [5, 5.41) is 7.23. The smallest absolute Gasteiger partial charge is 0.410 e. The first kappa shape index (κ1) is 16.2. The molecule has 24 heavy (non-hydrogen) atoms. The molecule has 0 radical (unpaired) electrons. The number of hydrogen-bond donors (Lipinski definition) is 1. The van der Waals surface area contributed by atoms with E-state index in [2.05, 4.69) is 20.4 Å². The minimum absolute atomic E-state index is 0.312. The first-order valence-corrected chi connectivity index (χ1v) is 7.89. The first-order valence-electron chi connectivity index (χ1n) is 7.89. The molecule has 0 aliphatic carbocycles. The molecular formula is C16H22N6O2. The summed E-state index contributed by atoms with van der Waals surface area (Å²) in [4.78, 5) is 22.8. The van der Waals surface area contributed by atoms with Crippen LogP contribution < -0.4 is 5.32 Å². The van der Waals surface area contributed by atoms with Crippen LogP contribution in [-0.4, -0.2) is 42.9 Å². The fourth-order valence-corrected chi connectivity index (χ4v) is 2.46. The number of aromatic nitrogens is 4. The lowest BCUT2D eigenvalue weighted by molar-refractivity contribution is 0.0220. The summed E-state index contributed by atoms with van der Waals surface area (Å²) >= 11 is 0. The number of fused-ring (bicyclic) bond motifs is 1. The van der Waals surface area contributed by atoms with Crippen molar-refractivity contribution in [2.24, 2.45) is 7.05 Å². The van der Waals surface area contributed by atoms with Crippen LogP contribution in [0.15, 0.2) is 18.5 Å². The Morgan fingerprint density at radius 3 is 2.83 bits per heavy atom. The van der Waals surface area contributed by atoms with Gasteiger partial charge in [-0.05, 0) is 32.8 Å². The number of nitrogens with one attached hydrogen (secondary N) is 1. The molecule has 0 saturated heterocycles. The van der Waals surface area contributed by atoms with E-state index in [-0.39, 0.29) is 6.09 Å². The monoisotopic (exact) mass is 330 g/mol. The van der Waals surface area contributed by atoms with Crippen molar-refractivity contribution in [3.63, 3.8) is 0 Å². The fourth-order valence-electron chi connectivity index (χ4n) is 2.46. The Bertz CT molecular complexity index is 749. The number of amides is 1. The van der Waals surface area contributed by atoms with E-state index in [0.29, 0.717) is 19.0 Å². The maximum Gasteiger partial charge on any atom is 0.410 e. The molecule has 0 aromatic carbocycles. The molecule has 0 saturated carbocycles. The molecule has 0 bridgehead atoms. The zero-order chi connectivity index (χ0) is 17.3. The number of carbonyl (C=O) groups excluding carboxylic acids is 1. The maximum atomic E-state index is 12.2. The summed E-state index contributed by atoms with van der Waals surface area (Å²) in [6, 6.07) is 1.84. The van der Waals surface area contributed by atoms with Crippen molar-refractivity contribution in [1.82, 2.24) is 24.6 Å². The predicted octanol–water partition coefficient (Wildman–Crippen LogP) is 2.25. The Balaban J connectivity index is 1.74. The highest BCUT2D eigenvalue weighted by Crippen LogP contribution is 2.21. The third-order valence-electron chi connectivity index (χ3n) is 3.66. The lowest BCUT2D eigenvalue weighted by atomic mass is 10.1. The lowest BCUT2D eigenvalue weighted by Gasteiger charge is -2.30. The van der Waals surface area contributed by atoms with Gasteiger partial charge in [0.2, 0.25) is 5.95 Å². The van der Waals surface area contributed by atoms with Crippen LogP contribution in [0.4, 0.5) is 16.6 Å². The standard InChI is InChI=1S/C16H22N6O2/c1-16(2,3)24-15(23)22-8-6-11-9-17-14(19-12(11)10-22)20-13-5-7-18-21(13)4/h5,7,9H,6,8,10H2,1-4H3,(H,17,19,20). The number of anilines is 2. The Kier molecular flexibility index (Phi) is 4.13. The van der Waals surface area contributed by atoms with Crippen molar-refractivity contribution >= 4 is 17.9 Å². The Morgan fingerprint density at radius 2 is 2.17 bits per heavy atom. The van der Waals surface area contributed by atoms with Gasteiger partial charge in [-0.15, -0.1) is 0 Å². The molecule has 1 aliphatic heterocycles. The fraction of sp³-hybridized carbons (Fsp3) is 0.500. The molecule has 0 fully saturated rings. The maximum absolute atomic E-state index is 12.2. The predicted molar refractivity (Wildman–Crippen MR) is 88.9 cm³/mol. The lowest BCUT2D eigenvalue weighted by Crippen LogP contribution is -2.40. The normalized spacial score (nSPS) is 14.2. The molecular weight excluding hydrogens is 308 g/mol. The quantitative estimate of drug-likeness (QED) is 0.909. The van der Waals surface area contributed by atoms with Crippen LogP contribution in [0.5, 0.6) is 0 Å². The molecule has 0 atom stereocenters. The van der Waals surface area contributed by atoms with Crippen molar-refractivity contribution in [3.8, 4) is 0 Å². The van der Waals surface area contributed by atoms with E-state index in [1.54, 1.807) is 15.8 Å². The van der Waals surface area contributed by atoms with Crippen LogP contribution >= 0.6 is 0 Å². The van der Waals surface area contributed by atoms with Gasteiger partial charge in [0.15, 0.2) is 0 Å². The van der Waals surface area contributed by atoms with Crippen molar-refractivity contribution in [1.29, 1.82) is 0 Å². The molecule has 8 heteroatoms. The number of rotatable bonds is 2. The van der Waals surface area contributed by atoms with Crippen LogP contribution in [-0.2, 0) is 24.8 Å². The molecule has 1 amide bonds. The SMILES string of the molecule is Cn1nccc1Nc1ncc2c(n1)CN(C(=O)OC(C)(C)C)CC2. The van der Waals surface area contributed by atoms with Gasteiger partial charge in [0.25, 0.3) is 0 Å². The summed E-state index contributed by atoms with van der Waals surface area (Å²) in [7, 11) is 1.84. The summed E-state index contributed by atoms with van der Waals surface area (Å²) in [6.07, 6.45) is 3.92. The Hall–Kier alpha value is -2.64. The van der Waals surface area contributed by atoms with Gasteiger partial charge in [-0.25, -0.2) is 14.8 Å². The van der Waals surface area contributed by atoms with E-state index in [1.165, 1.54) is 0 Å². The third kappa shape index (κ3) is 3.64. The molecule has 8 nitrogen and oxygen atoms in total. The van der Waals surface area contributed by atoms with Gasteiger partial charge in [0, 0.05) is 25.9 Å². The molecule has 2 aromatic rings. The minimum atomic E-state index is -0.505. The molecule has 1 aliphatic rings. The topological polar surface area (TPSA) is 85.2 Å². The molecule has 0 unspecified atom stereocenters. The third-order valence-corrected chi connectivity index (χ3v) is 3.66. The van der Waals surface area contributed by atoms with Crippen LogP contribution in [0.3, 0.4) is 0 Å². The van der Waals surface area contributed by atoms with Gasteiger partial charge in [-0.2, -0.15) is 5.10 Å². The van der Waals surface area contributed by atoms with Crippen LogP contribution in [0.2, 0.25) is 0 Å². The van der Waals surface area contributed by atoms with E-state index < -0.39 is 5.60 Å². The van der Waals surface area contributed by atoms with Crippen LogP contribution in [0.1, 0.15) is 32.0 Å². The number of ether oxygens (including phenoxy) is 1. The second-order valence-corrected chi connectivity index (χ2v) is 6.78. The molecule has 3 rings (SSSR count). The number of nitrogens with zero attached hydrogens (tertiary/aromatic N) is 5. The van der Waals surface area contributed by atoms with Crippen molar-refractivity contribution in [2.75, 3.05) is 11.9 Å². The number of aryl methyl sites for hydroxylation is 1. The van der Waals surface area contributed by atoms with Crippen molar-refractivity contribution in [2.45, 2.75) is 39.3 Å². The van der Waals surface area contributed by atoms with E-state index in [0.717, 1.165) is 23.5 Å². The summed E-state index contributed by atoms with van der Waals surface area (Å²) < 4.78 is 7.14. The first-order chi connectivity index (χ1) is 11.3. The highest BCUT2D eigenvalue weighted by molar-refractivity contribution is 5.68. The van der Waals surface area contributed by atoms with E-state index in [1.807, 2.05) is 40.1 Å². The molecule has 0 spiro atoms. The second kappa shape index (κ2) is 6.10. The van der Waals surface area contributed by atoms with E-state index >= 15 is 0 Å². The van der Waals surface area contributed by atoms with E-state index in [9.17, 15) is 4.79 Å². The van der Waals surface area contributed by atoms with Gasteiger partial charge in [0.1, 0.15) is 11.4 Å². The molecule has 2 aromatic heterocycles. The summed E-state index contributed by atoms with van der Waals surface area (Å²) in [5.41, 5.74) is 1.40. The second-order valence-electron chi connectivity index (χ2n) is 6.78. The zero-order valence-electron chi connectivity index (χ0n) is 14.4. The molecule has 3 heterocycles. The van der Waals surface area contributed by atoms with Crippen LogP contribution in [0, 0.1) is 0 Å². The number of hydrogen-bond acceptors (Lipinski definition) is 6. The van der Waals surface area contributed by atoms with Gasteiger partial charge in [0.05, 0.1) is 18.4 Å². The summed E-state index contributed by atoms with van der Waals surface area (Å²) in [6.45, 7) is 6.62. The van der Waals surface area contributed by atoms with Crippen molar-refractivity contribution < 1.29 is 9.53 Å². The van der Waals surface area contributed by atoms with E-state index in [4.69, 9.17) is 4.74 Å². The largest absolute Gasteiger partial charge is 0.444 e. The minimum Gasteiger partial charge on any atom is -0.444 e. The highest BCUT2D eigenvalue weighted by Gasteiger charge is 2.26. The van der Waals surface area contributed by atoms with Gasteiger partial charge >= 0.3 is 6.09 Å². The summed E-state index contributed by atoms with van der Waals surface area (Å²) in [5.74, 6) is 1.29. The average Bonchev–Trinajstić information content (AvgIpc) is 2.90. The van der Waals surface area contributed by atoms with Crippen LogP contribution in [0.25, 0.3) is 0 Å². The zero-order valence-corrected chi connectivity index (χ0v) is 14.4. The molecule has 1 N–H and O–H groups in total. The number of carbonyl (C=O) groups is 1. The van der Waals surface area contributed by atoms with Crippen molar-refractivity contribution in [3.05, 3.63) is 29.7 Å². The van der Waals surface area contributed by atoms with Gasteiger partial charge < -0.3 is 15.0 Å². The average molecular weight is 330 g/mol. The Morgan fingerprint density at radius 1 is 1.38 bits per heavy atom. The van der Waals surface area contributed by atoms with Gasteiger partial charge in [-0.3, -0.25) is 4.68 Å². The Labute approximate surface area is 140 Å². The highest BCUT2D eigenvalue weighted by atomic mass is 16.6. The van der Waals surface area contributed by atoms with Gasteiger partial charge in [-0.1, -0.05) is 0 Å². The molecule has 128 valence electrons.